The normalized spacial score (nSPS) is 17.0. The summed E-state index contributed by atoms with van der Waals surface area (Å²) in [5.41, 5.74) is -0.510. The number of H-pyrrole nitrogens is 1. The molecule has 1 aromatic heterocycles. The van der Waals surface area contributed by atoms with Gasteiger partial charge >= 0.3 is 12.2 Å². The number of aromatic amines is 1. The zero-order valence-electron chi connectivity index (χ0n) is 17.7. The number of nitrogens with zero attached hydrogens (tertiary/aromatic N) is 3. The molecule has 1 aliphatic heterocycles. The van der Waals surface area contributed by atoms with Gasteiger partial charge in [0.05, 0.1) is 30.4 Å². The summed E-state index contributed by atoms with van der Waals surface area (Å²) in [6, 6.07) is 2.69. The van der Waals surface area contributed by atoms with Crippen LogP contribution in [-0.4, -0.2) is 70.3 Å². The largest absolute Gasteiger partial charge is 0.493 e. The first-order chi connectivity index (χ1) is 14.1. The molecule has 0 bridgehead atoms. The number of rotatable bonds is 2. The van der Waals surface area contributed by atoms with Crippen molar-refractivity contribution in [3.63, 3.8) is 0 Å². The molecule has 2 heterocycles. The van der Waals surface area contributed by atoms with Crippen LogP contribution in [0.4, 0.5) is 9.59 Å². The van der Waals surface area contributed by atoms with E-state index in [9.17, 15) is 14.4 Å². The molecule has 2 aromatic rings. The van der Waals surface area contributed by atoms with Gasteiger partial charge in [0, 0.05) is 25.7 Å². The smallest absolute Gasteiger partial charge is 0.415 e. The van der Waals surface area contributed by atoms with Crippen LogP contribution >= 0.6 is 0 Å². The van der Waals surface area contributed by atoms with Gasteiger partial charge in [0.1, 0.15) is 5.60 Å². The highest BCUT2D eigenvalue weighted by atomic mass is 16.6. The second kappa shape index (κ2) is 8.21. The fourth-order valence-electron chi connectivity index (χ4n) is 3.19. The number of benzene rings is 1. The number of aromatic nitrogens is 2. The van der Waals surface area contributed by atoms with Crippen LogP contribution in [0.3, 0.4) is 0 Å². The Morgan fingerprint density at radius 1 is 1.17 bits per heavy atom. The van der Waals surface area contributed by atoms with Crippen LogP contribution in [0.5, 0.6) is 11.5 Å². The lowest BCUT2D eigenvalue weighted by atomic mass is 10.2. The summed E-state index contributed by atoms with van der Waals surface area (Å²) < 4.78 is 16.2. The van der Waals surface area contributed by atoms with Crippen molar-refractivity contribution in [2.24, 2.45) is 0 Å². The highest BCUT2D eigenvalue weighted by molar-refractivity contribution is 5.83. The second-order valence-electron chi connectivity index (χ2n) is 8.09. The Morgan fingerprint density at radius 3 is 2.53 bits per heavy atom. The van der Waals surface area contributed by atoms with Crippen molar-refractivity contribution >= 4 is 23.1 Å². The third kappa shape index (κ3) is 4.64. The maximum atomic E-state index is 12.8. The minimum absolute atomic E-state index is 0.121. The Balaban J connectivity index is 1.73. The number of ether oxygens (including phenoxy) is 3. The summed E-state index contributed by atoms with van der Waals surface area (Å²) >= 11 is 0. The van der Waals surface area contributed by atoms with Crippen LogP contribution in [0.15, 0.2) is 23.3 Å². The number of methoxy groups -OCH3 is 1. The summed E-state index contributed by atoms with van der Waals surface area (Å²) in [4.78, 5) is 46.8. The van der Waals surface area contributed by atoms with E-state index in [1.165, 1.54) is 30.5 Å². The predicted molar refractivity (Wildman–Crippen MR) is 109 cm³/mol. The summed E-state index contributed by atoms with van der Waals surface area (Å²) in [6.45, 7) is 8.18. The van der Waals surface area contributed by atoms with Crippen LogP contribution in [-0.2, 0) is 4.74 Å². The number of carbonyl (C=O) groups excluding carboxylic acids is 2. The summed E-state index contributed by atoms with van der Waals surface area (Å²) in [5, 5.41) is 0.281. The summed E-state index contributed by atoms with van der Waals surface area (Å²) in [5.74, 6) is 0.407. The van der Waals surface area contributed by atoms with Crippen molar-refractivity contribution in [2.75, 3.05) is 26.7 Å². The van der Waals surface area contributed by atoms with Crippen molar-refractivity contribution in [3.05, 3.63) is 28.8 Å². The van der Waals surface area contributed by atoms with E-state index in [1.807, 2.05) is 6.92 Å². The molecule has 0 saturated carbocycles. The van der Waals surface area contributed by atoms with Crippen LogP contribution in [0.2, 0.25) is 0 Å². The Morgan fingerprint density at radius 2 is 1.90 bits per heavy atom. The average Bonchev–Trinajstić information content (AvgIpc) is 2.66. The number of fused-ring (bicyclic) bond motifs is 1. The number of carbonyl (C=O) groups is 2. The molecule has 1 fully saturated rings. The van der Waals surface area contributed by atoms with Crippen LogP contribution < -0.4 is 15.0 Å². The molecule has 30 heavy (non-hydrogen) atoms. The molecule has 10 heteroatoms. The molecule has 1 aromatic carbocycles. The van der Waals surface area contributed by atoms with Gasteiger partial charge in [-0.3, -0.25) is 4.79 Å². The molecule has 1 atom stereocenters. The van der Waals surface area contributed by atoms with Gasteiger partial charge in [0.25, 0.3) is 5.56 Å². The Kier molecular flexibility index (Phi) is 5.86. The lowest BCUT2D eigenvalue weighted by molar-refractivity contribution is 0.00782. The first kappa shape index (κ1) is 21.4. The molecule has 10 nitrogen and oxygen atoms in total. The van der Waals surface area contributed by atoms with Gasteiger partial charge < -0.3 is 29.0 Å². The maximum absolute atomic E-state index is 12.8. The van der Waals surface area contributed by atoms with Gasteiger partial charge in [-0.25, -0.2) is 14.6 Å². The third-order valence-electron chi connectivity index (χ3n) is 4.64. The molecule has 1 saturated heterocycles. The van der Waals surface area contributed by atoms with Gasteiger partial charge in [-0.1, -0.05) is 0 Å². The third-order valence-corrected chi connectivity index (χ3v) is 4.64. The minimum atomic E-state index is -0.593. The molecule has 0 aliphatic carbocycles. The maximum Gasteiger partial charge on any atom is 0.415 e. The van der Waals surface area contributed by atoms with Crippen molar-refractivity contribution in [1.82, 2.24) is 19.8 Å². The van der Waals surface area contributed by atoms with Crippen molar-refractivity contribution in [2.45, 2.75) is 39.3 Å². The molecule has 3 rings (SSSR count). The monoisotopic (exact) mass is 418 g/mol. The number of amides is 2. The second-order valence-corrected chi connectivity index (χ2v) is 8.09. The van der Waals surface area contributed by atoms with E-state index < -0.39 is 17.8 Å². The van der Waals surface area contributed by atoms with E-state index in [0.29, 0.717) is 18.6 Å². The highest BCUT2D eigenvalue weighted by Crippen LogP contribution is 2.31. The van der Waals surface area contributed by atoms with E-state index in [4.69, 9.17) is 14.2 Å². The molecular formula is C20H26N4O6. The zero-order valence-corrected chi connectivity index (χ0v) is 17.7. The van der Waals surface area contributed by atoms with E-state index in [2.05, 4.69) is 9.97 Å². The molecule has 1 unspecified atom stereocenters. The van der Waals surface area contributed by atoms with E-state index >= 15 is 0 Å². The topological polar surface area (TPSA) is 114 Å². The number of hydrogen-bond acceptors (Lipinski definition) is 7. The minimum Gasteiger partial charge on any atom is -0.493 e. The summed E-state index contributed by atoms with van der Waals surface area (Å²) in [7, 11) is 1.44. The quantitative estimate of drug-likeness (QED) is 0.796. The lowest BCUT2D eigenvalue weighted by Crippen LogP contribution is -2.56. The Hall–Kier alpha value is -3.30. The standard InChI is InChI=1S/C20H26N4O6/c1-12-10-23(18(26)30-20(2,3)4)6-7-24(12)19(27)29-16-8-13-14(9-15(16)28-5)21-11-22-17(13)25/h8-9,11-12H,6-7,10H2,1-5H3,(H,21,22,25). The summed E-state index contributed by atoms with van der Waals surface area (Å²) in [6.07, 6.45) is 0.288. The van der Waals surface area contributed by atoms with Crippen molar-refractivity contribution < 1.29 is 23.8 Å². The van der Waals surface area contributed by atoms with E-state index in [-0.39, 0.29) is 35.0 Å². The van der Waals surface area contributed by atoms with Gasteiger partial charge in [-0.2, -0.15) is 0 Å². The highest BCUT2D eigenvalue weighted by Gasteiger charge is 2.33. The SMILES string of the molecule is COc1cc2nc[nH]c(=O)c2cc1OC(=O)N1CCN(C(=O)OC(C)(C)C)CC1C. The number of hydrogen-bond donors (Lipinski definition) is 1. The molecule has 162 valence electrons. The molecular weight excluding hydrogens is 392 g/mol. The Labute approximate surface area is 173 Å². The molecule has 1 aliphatic rings. The molecule has 2 amide bonds. The van der Waals surface area contributed by atoms with Gasteiger partial charge in [0.15, 0.2) is 11.5 Å². The first-order valence-corrected chi connectivity index (χ1v) is 9.61. The predicted octanol–water partition coefficient (Wildman–Crippen LogP) is 2.37. The number of nitrogens with one attached hydrogen (secondary N) is 1. The van der Waals surface area contributed by atoms with Gasteiger partial charge in [0.2, 0.25) is 0 Å². The number of piperazine rings is 1. The van der Waals surface area contributed by atoms with Crippen LogP contribution in [0.25, 0.3) is 10.9 Å². The van der Waals surface area contributed by atoms with Gasteiger partial charge in [-0.15, -0.1) is 0 Å². The van der Waals surface area contributed by atoms with Crippen molar-refractivity contribution in [1.29, 1.82) is 0 Å². The zero-order chi connectivity index (χ0) is 22.1. The van der Waals surface area contributed by atoms with Gasteiger partial charge in [-0.05, 0) is 33.8 Å². The fourth-order valence-corrected chi connectivity index (χ4v) is 3.19. The van der Waals surface area contributed by atoms with E-state index in [1.54, 1.807) is 25.7 Å². The first-order valence-electron chi connectivity index (χ1n) is 9.61. The molecule has 1 N–H and O–H groups in total. The van der Waals surface area contributed by atoms with Crippen LogP contribution in [0.1, 0.15) is 27.7 Å². The van der Waals surface area contributed by atoms with E-state index in [0.717, 1.165) is 0 Å². The Bertz CT molecular complexity index is 1010. The molecule has 0 spiro atoms. The van der Waals surface area contributed by atoms with Crippen LogP contribution in [0, 0.1) is 0 Å². The fraction of sp³-hybridized carbons (Fsp3) is 0.500. The average molecular weight is 418 g/mol. The molecule has 0 radical (unpaired) electrons. The lowest BCUT2D eigenvalue weighted by Gasteiger charge is -2.39. The van der Waals surface area contributed by atoms with Crippen molar-refractivity contribution in [3.8, 4) is 11.5 Å².